The largest absolute Gasteiger partial charge is 1.00 e. The molecule has 0 saturated heterocycles. The third kappa shape index (κ3) is 17.7. The average Bonchev–Trinajstić information content (AvgIpc) is 1.62. The molecule has 7 amide bonds. The zero-order valence-corrected chi connectivity index (χ0v) is 64.6. The quantitative estimate of drug-likeness (QED) is 0.0823. The van der Waals surface area contributed by atoms with E-state index in [-0.39, 0.29) is 113 Å². The van der Waals surface area contributed by atoms with Crippen LogP contribution in [0.1, 0.15) is 155 Å². The molecule has 4 aromatic carbocycles. The zero-order valence-electron chi connectivity index (χ0n) is 64.6. The van der Waals surface area contributed by atoms with Gasteiger partial charge in [0.25, 0.3) is 35.4 Å². The number of oxazole rings is 4. The van der Waals surface area contributed by atoms with Crippen LogP contribution in [0.15, 0.2) is 213 Å². The SMILES string of the molecule is CN1C(=O)[C@@H](N)[C@H]2C[C@H]2c2nccnc21.CN1C(=O)[C@@H](NC(=O)c2ncc(Cc3ccccc3)o2)C2C[C@H]2c2nccnc21.CN1C(=O)[C@@H](NC(=O)c2ncc(Cc3ccccc3)o2)[C@H]2C[C@H]2c2nccnc21.CN1C(=O)[C@H](NC(=O)c2ncc(Cc3ccccc3)o2)[C@@H]2C[C@@H]2c2nccnc21.O=[C-]c1ncc(Cc2ccccc2)o1.[Li+].[OH-]. The van der Waals surface area contributed by atoms with Gasteiger partial charge in [0, 0.05) is 127 Å². The molecule has 12 atom stereocenters. The van der Waals surface area contributed by atoms with Crippen molar-refractivity contribution in [3.05, 3.63) is 287 Å². The van der Waals surface area contributed by atoms with E-state index in [1.54, 1.807) is 109 Å². The number of hydrogen-bond donors (Lipinski definition) is 4. The Balaban J connectivity index is 0.000000124. The number of carbonyl (C=O) groups excluding carboxylic acids is 8. The summed E-state index contributed by atoms with van der Waals surface area (Å²) in [6, 6.07) is 36.9. The van der Waals surface area contributed by atoms with Crippen molar-refractivity contribution in [1.29, 1.82) is 0 Å². The summed E-state index contributed by atoms with van der Waals surface area (Å²) >= 11 is 0. The normalized spacial score (nSPS) is 21.9. The summed E-state index contributed by atoms with van der Waals surface area (Å²) < 4.78 is 22.0. The molecule has 4 aliphatic carbocycles. The molecular formula is C84H78LiN20O13-. The Morgan fingerprint density at radius 2 is 0.627 bits per heavy atom. The van der Waals surface area contributed by atoms with E-state index < -0.39 is 41.9 Å². The number of carbonyl (C=O) groups is 7. The summed E-state index contributed by atoms with van der Waals surface area (Å²) in [5.74, 6) is 3.51. The Morgan fingerprint density at radius 1 is 0.373 bits per heavy atom. The van der Waals surface area contributed by atoms with E-state index in [1.807, 2.05) is 121 Å². The number of hydrogen-bond acceptors (Lipinski definition) is 26. The summed E-state index contributed by atoms with van der Waals surface area (Å²) in [6.45, 7) is 0. The van der Waals surface area contributed by atoms with Gasteiger partial charge in [-0.2, -0.15) is 6.29 Å². The summed E-state index contributed by atoms with van der Waals surface area (Å²) in [5, 5.41) is 8.45. The van der Waals surface area contributed by atoms with Crippen molar-refractivity contribution in [3.8, 4) is 0 Å². The monoisotopic (exact) mass is 1580 g/mol. The first-order chi connectivity index (χ1) is 56.4. The Bertz CT molecular complexity index is 5230. The smallest absolute Gasteiger partial charge is 0.870 e. The van der Waals surface area contributed by atoms with Crippen molar-refractivity contribution in [2.24, 2.45) is 29.4 Å². The van der Waals surface area contributed by atoms with E-state index in [4.69, 9.17) is 23.4 Å². The average molecular weight is 1580 g/mol. The van der Waals surface area contributed by atoms with Crippen LogP contribution in [0.2, 0.25) is 0 Å². The molecule has 8 aromatic heterocycles. The topological polar surface area (TPSA) is 449 Å². The molecule has 594 valence electrons. The van der Waals surface area contributed by atoms with E-state index in [2.05, 4.69) is 75.8 Å². The van der Waals surface area contributed by atoms with Gasteiger partial charge in [-0.1, -0.05) is 121 Å². The summed E-state index contributed by atoms with van der Waals surface area (Å²) in [7, 11) is 6.68. The van der Waals surface area contributed by atoms with E-state index in [9.17, 15) is 38.4 Å². The van der Waals surface area contributed by atoms with Crippen LogP contribution in [0.3, 0.4) is 0 Å². The van der Waals surface area contributed by atoms with Crippen molar-refractivity contribution in [1.82, 2.24) is 75.8 Å². The molecule has 20 rings (SSSR count). The van der Waals surface area contributed by atoms with Crippen LogP contribution in [-0.4, -0.2) is 165 Å². The third-order valence-corrected chi connectivity index (χ3v) is 21.6. The van der Waals surface area contributed by atoms with Crippen molar-refractivity contribution in [2.45, 2.75) is 99.2 Å². The molecule has 8 aliphatic rings. The molecule has 0 spiro atoms. The molecule has 1 unspecified atom stereocenters. The number of likely N-dealkylation sites (N-methyl/N-ethyl adjacent to an activating group) is 4. The maximum absolute atomic E-state index is 13.0. The maximum atomic E-state index is 13.0. The Morgan fingerprint density at radius 3 is 0.915 bits per heavy atom. The van der Waals surface area contributed by atoms with Gasteiger partial charge in [-0.3, -0.25) is 78.1 Å². The molecule has 4 saturated carbocycles. The minimum Gasteiger partial charge on any atom is -0.870 e. The van der Waals surface area contributed by atoms with Gasteiger partial charge in [-0.25, -0.2) is 34.9 Å². The van der Waals surface area contributed by atoms with E-state index in [1.165, 1.54) is 19.6 Å². The minimum atomic E-state index is -0.655. The number of aromatic nitrogens is 12. The number of nitrogens with zero attached hydrogens (tertiary/aromatic N) is 16. The van der Waals surface area contributed by atoms with Gasteiger partial charge in [-0.05, 0) is 71.6 Å². The first-order valence-corrected chi connectivity index (χ1v) is 37.8. The second-order valence-electron chi connectivity index (χ2n) is 29.3. The van der Waals surface area contributed by atoms with Crippen molar-refractivity contribution >= 4 is 70.9 Å². The standard InChI is InChI=1S/3C21H19N5O3.C11H8NO2.C10H12N4O.Li.H2O/c3*1-26-18-16(22-7-8-23-18)14-10-15(14)17(21(26)28)25-19(27)20-24-11-13(29-20)9-12-5-3-2-4-6-12;13-8-11-12-7-10(14-11)6-9-4-2-1-3-5-9;1-14-9-8(12-2-3-13-9)6-4-5(6)7(11)10(14)15;;/h3*2-8,11,14-15,17H,9-10H2,1H3,(H,25,27);1-5,7H,6H2;2-3,5-7H,4,11H2,1H3;;1H2/q;;;-1;;+1;/p-1/t14-,15?,17+;2*14-,15+,17+;;5-,6+,7-;;/m110.0../s1. The van der Waals surface area contributed by atoms with Crippen LogP contribution < -0.4 is 60.1 Å². The number of amides is 7. The molecule has 34 heteroatoms. The predicted molar refractivity (Wildman–Crippen MR) is 417 cm³/mol. The first-order valence-electron chi connectivity index (χ1n) is 37.8. The number of rotatable bonds is 15. The fourth-order valence-electron chi connectivity index (χ4n) is 15.3. The molecule has 0 bridgehead atoms. The Kier molecular flexibility index (Phi) is 24.3. The number of anilines is 4. The fourth-order valence-corrected chi connectivity index (χ4v) is 15.3. The molecule has 4 fully saturated rings. The van der Waals surface area contributed by atoms with Gasteiger partial charge < -0.3 is 49.6 Å². The number of benzene rings is 4. The van der Waals surface area contributed by atoms with E-state index >= 15 is 0 Å². The molecule has 6 N–H and O–H groups in total. The van der Waals surface area contributed by atoms with Crippen LogP contribution in [0.25, 0.3) is 0 Å². The first kappa shape index (κ1) is 81.1. The maximum Gasteiger partial charge on any atom is 1.00 e. The number of nitrogens with two attached hydrogens (primary N) is 1. The molecule has 12 heterocycles. The van der Waals surface area contributed by atoms with Crippen LogP contribution in [0.5, 0.6) is 0 Å². The molecule has 12 aromatic rings. The van der Waals surface area contributed by atoms with Gasteiger partial charge in [0.15, 0.2) is 23.3 Å². The Hall–Kier alpha value is -13.5. The minimum absolute atomic E-state index is 0. The second kappa shape index (κ2) is 35.3. The van der Waals surface area contributed by atoms with Gasteiger partial charge in [0.05, 0.1) is 59.5 Å². The summed E-state index contributed by atoms with van der Waals surface area (Å²) in [6.07, 6.45) is 26.3. The van der Waals surface area contributed by atoms with Gasteiger partial charge in [0.1, 0.15) is 41.2 Å². The zero-order chi connectivity index (χ0) is 80.3. The van der Waals surface area contributed by atoms with Gasteiger partial charge >= 0.3 is 36.6 Å². The number of fused-ring (bicyclic) bond motifs is 12. The second-order valence-corrected chi connectivity index (χ2v) is 29.3. The van der Waals surface area contributed by atoms with Gasteiger partial charge in [0.2, 0.25) is 5.91 Å². The fraction of sp³-hybridized carbons (Fsp3) is 0.286. The van der Waals surface area contributed by atoms with Crippen LogP contribution in [-0.2, 0) is 49.7 Å². The van der Waals surface area contributed by atoms with E-state index in [0.717, 1.165) is 70.7 Å². The summed E-state index contributed by atoms with van der Waals surface area (Å²) in [4.78, 5) is 156. The number of nitrogens with one attached hydrogen (secondary N) is 3. The van der Waals surface area contributed by atoms with Crippen LogP contribution >= 0.6 is 0 Å². The third-order valence-electron chi connectivity index (χ3n) is 21.6. The molecule has 33 nitrogen and oxygen atoms in total. The molecule has 4 aliphatic heterocycles. The predicted octanol–water partition coefficient (Wildman–Crippen LogP) is 4.24. The van der Waals surface area contributed by atoms with Crippen molar-refractivity contribution < 1.29 is 80.4 Å². The van der Waals surface area contributed by atoms with Crippen LogP contribution in [0, 0.1) is 23.7 Å². The van der Waals surface area contributed by atoms with Crippen molar-refractivity contribution in [3.63, 3.8) is 0 Å². The summed E-state index contributed by atoms with van der Waals surface area (Å²) in [5.41, 5.74) is 13.6. The van der Waals surface area contributed by atoms with Gasteiger partial charge in [-0.15, -0.1) is 0 Å². The Labute approximate surface area is 687 Å². The molecule has 118 heavy (non-hydrogen) atoms. The van der Waals surface area contributed by atoms with Crippen LogP contribution in [0.4, 0.5) is 23.3 Å². The van der Waals surface area contributed by atoms with E-state index in [0.29, 0.717) is 77.9 Å². The molecule has 0 radical (unpaired) electrons. The molecular weight excluding hydrogens is 1500 g/mol. The van der Waals surface area contributed by atoms with Crippen molar-refractivity contribution in [2.75, 3.05) is 47.8 Å².